The fourth-order valence-corrected chi connectivity index (χ4v) is 3.61. The Balaban J connectivity index is 2.82. The first-order valence-corrected chi connectivity index (χ1v) is 7.23. The molecule has 0 aliphatic heterocycles. The molecule has 1 fully saturated rings. The van der Waals surface area contributed by atoms with E-state index in [0.717, 1.165) is 25.7 Å². The fourth-order valence-electron chi connectivity index (χ4n) is 3.61. The largest absolute Gasteiger partial charge is 0.466 e. The molecule has 0 radical (unpaired) electrons. The zero-order valence-electron chi connectivity index (χ0n) is 12.2. The van der Waals surface area contributed by atoms with Gasteiger partial charge in [-0.15, -0.1) is 0 Å². The van der Waals surface area contributed by atoms with E-state index in [1.807, 2.05) is 0 Å². The molecule has 0 saturated heterocycles. The summed E-state index contributed by atoms with van der Waals surface area (Å²) in [4.78, 5) is 22.4. The number of rotatable bonds is 7. The van der Waals surface area contributed by atoms with E-state index in [1.54, 1.807) is 6.92 Å². The lowest BCUT2D eigenvalue weighted by Gasteiger charge is -2.23. The van der Waals surface area contributed by atoms with Crippen LogP contribution in [0, 0.1) is 27.4 Å². The Morgan fingerprint density at radius 3 is 2.16 bits per heavy atom. The zero-order valence-corrected chi connectivity index (χ0v) is 12.2. The van der Waals surface area contributed by atoms with Crippen LogP contribution in [-0.2, 0) is 9.53 Å². The molecule has 2 atom stereocenters. The molecular formula is C14H25NO4. The fraction of sp³-hybridized carbons (Fsp3) is 0.929. The van der Waals surface area contributed by atoms with E-state index in [0.29, 0.717) is 18.4 Å². The molecule has 5 heteroatoms. The second-order valence-corrected chi connectivity index (χ2v) is 5.72. The van der Waals surface area contributed by atoms with Crippen LogP contribution in [0.2, 0.25) is 0 Å². The summed E-state index contributed by atoms with van der Waals surface area (Å²) in [6, 6.07) is 0. The Morgan fingerprint density at radius 2 is 1.79 bits per heavy atom. The normalized spacial score (nSPS) is 25.2. The number of nitro groups is 1. The van der Waals surface area contributed by atoms with Crippen molar-refractivity contribution in [1.82, 2.24) is 0 Å². The van der Waals surface area contributed by atoms with Gasteiger partial charge in [-0.25, -0.2) is 0 Å². The molecule has 1 rings (SSSR count). The van der Waals surface area contributed by atoms with E-state index in [4.69, 9.17) is 4.74 Å². The Kier molecular flexibility index (Phi) is 5.76. The molecule has 0 aromatic rings. The Bertz CT molecular complexity index is 317. The molecule has 110 valence electrons. The average Bonchev–Trinajstić information content (AvgIpc) is 2.66. The number of hydrogen-bond acceptors (Lipinski definition) is 4. The van der Waals surface area contributed by atoms with Crippen molar-refractivity contribution in [1.29, 1.82) is 0 Å². The molecule has 0 aromatic heterocycles. The van der Waals surface area contributed by atoms with Gasteiger partial charge in [0.1, 0.15) is 0 Å². The number of nitrogens with zero attached hydrogens (tertiary/aromatic N) is 1. The quantitative estimate of drug-likeness (QED) is 0.405. The van der Waals surface area contributed by atoms with Crippen molar-refractivity contribution >= 4 is 5.97 Å². The summed E-state index contributed by atoms with van der Waals surface area (Å²) in [5.74, 6) is 0.703. The SMILES string of the molecule is CCOC(=O)CC1(C[N+](=O)[O-])C[C@H](CC)[C@@H](CC)C1. The van der Waals surface area contributed by atoms with Gasteiger partial charge in [-0.1, -0.05) is 26.7 Å². The minimum Gasteiger partial charge on any atom is -0.466 e. The van der Waals surface area contributed by atoms with E-state index in [2.05, 4.69) is 13.8 Å². The highest BCUT2D eigenvalue weighted by Gasteiger charge is 2.48. The van der Waals surface area contributed by atoms with Gasteiger partial charge in [0.05, 0.1) is 13.0 Å². The molecule has 0 heterocycles. The maximum atomic E-state index is 11.7. The summed E-state index contributed by atoms with van der Waals surface area (Å²) in [6.07, 6.45) is 3.81. The summed E-state index contributed by atoms with van der Waals surface area (Å²) in [5, 5.41) is 10.9. The van der Waals surface area contributed by atoms with Crippen LogP contribution < -0.4 is 0 Å². The van der Waals surface area contributed by atoms with Crippen LogP contribution in [0.5, 0.6) is 0 Å². The van der Waals surface area contributed by atoms with Gasteiger partial charge in [0.25, 0.3) is 0 Å². The van der Waals surface area contributed by atoms with Crippen LogP contribution in [0.3, 0.4) is 0 Å². The van der Waals surface area contributed by atoms with E-state index < -0.39 is 5.41 Å². The third-order valence-corrected chi connectivity index (χ3v) is 4.39. The van der Waals surface area contributed by atoms with E-state index >= 15 is 0 Å². The molecule has 0 aromatic carbocycles. The number of carbonyl (C=O) groups excluding carboxylic acids is 1. The van der Waals surface area contributed by atoms with Crippen LogP contribution in [0.4, 0.5) is 0 Å². The molecule has 1 aliphatic rings. The maximum Gasteiger partial charge on any atom is 0.306 e. The van der Waals surface area contributed by atoms with Gasteiger partial charge in [-0.05, 0) is 31.6 Å². The predicted molar refractivity (Wildman–Crippen MR) is 72.3 cm³/mol. The van der Waals surface area contributed by atoms with Crippen molar-refractivity contribution in [2.75, 3.05) is 13.2 Å². The molecule has 0 bridgehead atoms. The van der Waals surface area contributed by atoms with Crippen molar-refractivity contribution in [2.24, 2.45) is 17.3 Å². The molecule has 0 spiro atoms. The van der Waals surface area contributed by atoms with Crippen LogP contribution in [0.1, 0.15) is 52.9 Å². The average molecular weight is 271 g/mol. The summed E-state index contributed by atoms with van der Waals surface area (Å²) >= 11 is 0. The smallest absolute Gasteiger partial charge is 0.306 e. The van der Waals surface area contributed by atoms with Crippen molar-refractivity contribution < 1.29 is 14.5 Å². The molecule has 0 unspecified atom stereocenters. The first kappa shape index (κ1) is 15.9. The third kappa shape index (κ3) is 4.18. The summed E-state index contributed by atoms with van der Waals surface area (Å²) in [6.45, 7) is 6.23. The number of hydrogen-bond donors (Lipinski definition) is 0. The third-order valence-electron chi connectivity index (χ3n) is 4.39. The lowest BCUT2D eigenvalue weighted by molar-refractivity contribution is -0.497. The molecule has 0 amide bonds. The number of esters is 1. The standard InChI is InChI=1S/C14H25NO4/c1-4-11-7-14(10-15(17)18,8-12(11)5-2)9-13(16)19-6-3/h11-12H,4-10H2,1-3H3/t11-,12-/m0/s1. The molecule has 1 saturated carbocycles. The van der Waals surface area contributed by atoms with Crippen molar-refractivity contribution in [3.05, 3.63) is 10.1 Å². The lowest BCUT2D eigenvalue weighted by Crippen LogP contribution is -2.31. The highest BCUT2D eigenvalue weighted by molar-refractivity contribution is 5.70. The van der Waals surface area contributed by atoms with Gasteiger partial charge in [0.2, 0.25) is 6.54 Å². The summed E-state index contributed by atoms with van der Waals surface area (Å²) < 4.78 is 4.99. The van der Waals surface area contributed by atoms with Gasteiger partial charge in [0.15, 0.2) is 0 Å². The van der Waals surface area contributed by atoms with Crippen molar-refractivity contribution in [3.8, 4) is 0 Å². The highest BCUT2D eigenvalue weighted by Crippen LogP contribution is 2.50. The minimum atomic E-state index is -0.489. The van der Waals surface area contributed by atoms with E-state index in [9.17, 15) is 14.9 Å². The van der Waals surface area contributed by atoms with Crippen molar-refractivity contribution in [2.45, 2.75) is 52.9 Å². The Labute approximate surface area is 114 Å². The van der Waals surface area contributed by atoms with Gasteiger partial charge in [0, 0.05) is 10.3 Å². The summed E-state index contributed by atoms with van der Waals surface area (Å²) in [5.41, 5.74) is -0.489. The predicted octanol–water partition coefficient (Wildman–Crippen LogP) is 3.05. The van der Waals surface area contributed by atoms with Gasteiger partial charge in [-0.2, -0.15) is 0 Å². The zero-order chi connectivity index (χ0) is 14.5. The second-order valence-electron chi connectivity index (χ2n) is 5.72. The molecule has 1 aliphatic carbocycles. The van der Waals surface area contributed by atoms with Crippen LogP contribution in [0.25, 0.3) is 0 Å². The van der Waals surface area contributed by atoms with Gasteiger partial charge in [-0.3, -0.25) is 14.9 Å². The maximum absolute atomic E-state index is 11.7. The van der Waals surface area contributed by atoms with Gasteiger partial charge < -0.3 is 4.74 Å². The topological polar surface area (TPSA) is 69.4 Å². The van der Waals surface area contributed by atoms with Gasteiger partial charge >= 0.3 is 5.97 Å². The van der Waals surface area contributed by atoms with Crippen LogP contribution in [-0.4, -0.2) is 24.0 Å². The Hall–Kier alpha value is -1.13. The van der Waals surface area contributed by atoms with E-state index in [-0.39, 0.29) is 23.9 Å². The summed E-state index contributed by atoms with van der Waals surface area (Å²) in [7, 11) is 0. The first-order valence-electron chi connectivity index (χ1n) is 7.23. The first-order chi connectivity index (χ1) is 8.96. The van der Waals surface area contributed by atoms with Crippen molar-refractivity contribution in [3.63, 3.8) is 0 Å². The van der Waals surface area contributed by atoms with Crippen LogP contribution >= 0.6 is 0 Å². The van der Waals surface area contributed by atoms with Crippen LogP contribution in [0.15, 0.2) is 0 Å². The lowest BCUT2D eigenvalue weighted by atomic mass is 9.81. The minimum absolute atomic E-state index is 0.112. The molecular weight excluding hydrogens is 246 g/mol. The number of carbonyl (C=O) groups is 1. The molecule has 19 heavy (non-hydrogen) atoms. The van der Waals surface area contributed by atoms with E-state index in [1.165, 1.54) is 0 Å². The molecule has 0 N–H and O–H groups in total. The second kappa shape index (κ2) is 6.87. The highest BCUT2D eigenvalue weighted by atomic mass is 16.6. The number of ether oxygens (including phenoxy) is 1. The Morgan fingerprint density at radius 1 is 1.26 bits per heavy atom. The monoisotopic (exact) mass is 271 g/mol. The molecule has 5 nitrogen and oxygen atoms in total.